The van der Waals surface area contributed by atoms with Crippen molar-refractivity contribution in [2.45, 2.75) is 277 Å². The predicted molar refractivity (Wildman–Crippen MR) is 247 cm³/mol. The maximum atomic E-state index is 12.8. The van der Waals surface area contributed by atoms with E-state index in [1.807, 2.05) is 0 Å². The van der Waals surface area contributed by atoms with Gasteiger partial charge in [-0.3, -0.25) is 14.4 Å². The van der Waals surface area contributed by atoms with Crippen LogP contribution in [0.2, 0.25) is 0 Å². The van der Waals surface area contributed by atoms with Crippen molar-refractivity contribution in [3.63, 3.8) is 0 Å². The molecule has 0 bridgehead atoms. The van der Waals surface area contributed by atoms with Crippen LogP contribution in [-0.2, 0) is 28.6 Å². The molecule has 0 spiro atoms. The Labute approximate surface area is 360 Å². The number of unbranched alkanes of at least 4 members (excludes halogenated alkanes) is 31. The van der Waals surface area contributed by atoms with E-state index in [2.05, 4.69) is 45.1 Å². The molecule has 6 heteroatoms. The van der Waals surface area contributed by atoms with Gasteiger partial charge in [-0.05, 0) is 44.9 Å². The molecule has 0 amide bonds. The molecule has 0 saturated heterocycles. The van der Waals surface area contributed by atoms with E-state index in [-0.39, 0.29) is 31.1 Å². The molecule has 0 aliphatic heterocycles. The molecule has 0 unspecified atom stereocenters. The largest absolute Gasteiger partial charge is 0.462 e. The van der Waals surface area contributed by atoms with Gasteiger partial charge in [0.05, 0.1) is 0 Å². The summed E-state index contributed by atoms with van der Waals surface area (Å²) in [5.74, 6) is -0.873. The van der Waals surface area contributed by atoms with Gasteiger partial charge in [0.25, 0.3) is 0 Å². The average Bonchev–Trinajstić information content (AvgIpc) is 3.22. The van der Waals surface area contributed by atoms with Crippen molar-refractivity contribution in [3.05, 3.63) is 24.3 Å². The Morgan fingerprint density at radius 3 is 1.00 bits per heavy atom. The molecule has 0 heterocycles. The van der Waals surface area contributed by atoms with Crippen LogP contribution in [0.25, 0.3) is 0 Å². The Bertz CT molecular complexity index is 942. The standard InChI is InChI=1S/C52H96O6/c1-4-7-10-13-16-19-22-25-28-30-33-36-39-42-45-51(54)57-48-49(58-52(55)46-43-40-37-34-31-27-24-21-18-15-12-9-6-3)47-56-50(53)44-41-38-35-32-29-26-23-20-17-14-11-8-5-2/h13,16,22,25,49H,4-12,14-15,17-21,23-24,26-48H2,1-3H3/b16-13+,25-22+/t49-/m1/s1. The van der Waals surface area contributed by atoms with Crippen LogP contribution >= 0.6 is 0 Å². The third-order valence-corrected chi connectivity index (χ3v) is 11.2. The first-order chi connectivity index (χ1) is 28.5. The van der Waals surface area contributed by atoms with Gasteiger partial charge in [-0.2, -0.15) is 0 Å². The smallest absolute Gasteiger partial charge is 0.306 e. The van der Waals surface area contributed by atoms with E-state index < -0.39 is 6.10 Å². The number of carbonyl (C=O) groups is 3. The number of esters is 3. The van der Waals surface area contributed by atoms with Gasteiger partial charge in [-0.25, -0.2) is 0 Å². The van der Waals surface area contributed by atoms with E-state index in [1.165, 1.54) is 154 Å². The predicted octanol–water partition coefficient (Wildman–Crippen LogP) is 16.4. The minimum Gasteiger partial charge on any atom is -0.462 e. The SMILES string of the molecule is CCCC/C=C/C/C=C/CCCCCCCC(=O)OC[C@@H](COC(=O)CCCCCCCCCCCCCCC)OC(=O)CCCCCCCCCCCCCCC. The molecule has 0 N–H and O–H groups in total. The second-order valence-corrected chi connectivity index (χ2v) is 17.1. The topological polar surface area (TPSA) is 78.9 Å². The second kappa shape index (κ2) is 47.6. The lowest BCUT2D eigenvalue weighted by Gasteiger charge is -2.18. The first kappa shape index (κ1) is 55.9. The molecule has 340 valence electrons. The Morgan fingerprint density at radius 1 is 0.345 bits per heavy atom. The molecule has 0 fully saturated rings. The number of hydrogen-bond donors (Lipinski definition) is 0. The molecule has 0 aliphatic rings. The number of allylic oxidation sites excluding steroid dienone is 4. The van der Waals surface area contributed by atoms with Crippen molar-refractivity contribution < 1.29 is 28.6 Å². The van der Waals surface area contributed by atoms with E-state index in [0.717, 1.165) is 77.0 Å². The quantitative estimate of drug-likeness (QED) is 0.0263. The summed E-state index contributed by atoms with van der Waals surface area (Å²) in [7, 11) is 0. The van der Waals surface area contributed by atoms with E-state index in [4.69, 9.17) is 14.2 Å². The summed E-state index contributed by atoms with van der Waals surface area (Å²) in [4.78, 5) is 37.9. The molecule has 6 nitrogen and oxygen atoms in total. The molecule has 0 aliphatic carbocycles. The molecule has 0 saturated carbocycles. The normalized spacial score (nSPS) is 12.1. The molecule has 0 rings (SSSR count). The van der Waals surface area contributed by atoms with Crippen LogP contribution in [0.1, 0.15) is 271 Å². The van der Waals surface area contributed by atoms with E-state index in [0.29, 0.717) is 19.3 Å². The van der Waals surface area contributed by atoms with Crippen LogP contribution in [0.5, 0.6) is 0 Å². The fraction of sp³-hybridized carbons (Fsp3) is 0.865. The highest BCUT2D eigenvalue weighted by Crippen LogP contribution is 2.16. The van der Waals surface area contributed by atoms with Crippen molar-refractivity contribution in [2.75, 3.05) is 13.2 Å². The fourth-order valence-electron chi connectivity index (χ4n) is 7.34. The molecule has 58 heavy (non-hydrogen) atoms. The summed E-state index contributed by atoms with van der Waals surface area (Å²) in [5.41, 5.74) is 0. The van der Waals surface area contributed by atoms with Gasteiger partial charge < -0.3 is 14.2 Å². The van der Waals surface area contributed by atoms with Crippen LogP contribution in [0.4, 0.5) is 0 Å². The molecular formula is C52H96O6. The zero-order valence-electron chi connectivity index (χ0n) is 38.8. The molecule has 0 aromatic carbocycles. The van der Waals surface area contributed by atoms with Crippen LogP contribution in [-0.4, -0.2) is 37.2 Å². The summed E-state index contributed by atoms with van der Waals surface area (Å²) in [6.07, 6.45) is 52.9. The molecule has 1 atom stereocenters. The summed E-state index contributed by atoms with van der Waals surface area (Å²) in [6.45, 7) is 6.61. The van der Waals surface area contributed by atoms with Crippen LogP contribution < -0.4 is 0 Å². The lowest BCUT2D eigenvalue weighted by atomic mass is 10.0. The summed E-state index contributed by atoms with van der Waals surface area (Å²) < 4.78 is 16.8. The summed E-state index contributed by atoms with van der Waals surface area (Å²) >= 11 is 0. The van der Waals surface area contributed by atoms with E-state index >= 15 is 0 Å². The highest BCUT2D eigenvalue weighted by Gasteiger charge is 2.19. The zero-order chi connectivity index (χ0) is 42.3. The first-order valence-electron chi connectivity index (χ1n) is 25.3. The Morgan fingerprint density at radius 2 is 0.638 bits per heavy atom. The van der Waals surface area contributed by atoms with Gasteiger partial charge in [-0.1, -0.05) is 231 Å². The van der Waals surface area contributed by atoms with Gasteiger partial charge in [0.15, 0.2) is 6.10 Å². The lowest BCUT2D eigenvalue weighted by Crippen LogP contribution is -2.30. The third-order valence-electron chi connectivity index (χ3n) is 11.2. The lowest BCUT2D eigenvalue weighted by molar-refractivity contribution is -0.167. The van der Waals surface area contributed by atoms with Crippen molar-refractivity contribution in [1.29, 1.82) is 0 Å². The minimum absolute atomic E-state index is 0.0709. The fourth-order valence-corrected chi connectivity index (χ4v) is 7.34. The monoisotopic (exact) mass is 817 g/mol. The highest BCUT2D eigenvalue weighted by atomic mass is 16.6. The summed E-state index contributed by atoms with van der Waals surface area (Å²) in [5, 5.41) is 0. The third kappa shape index (κ3) is 45.0. The van der Waals surface area contributed by atoms with Gasteiger partial charge in [0, 0.05) is 19.3 Å². The number of ether oxygens (including phenoxy) is 3. The molecule has 0 aromatic heterocycles. The second-order valence-electron chi connectivity index (χ2n) is 17.1. The summed E-state index contributed by atoms with van der Waals surface area (Å²) in [6, 6.07) is 0. The molecule has 0 radical (unpaired) electrons. The van der Waals surface area contributed by atoms with Gasteiger partial charge in [0.2, 0.25) is 0 Å². The van der Waals surface area contributed by atoms with Gasteiger partial charge in [0.1, 0.15) is 13.2 Å². The van der Waals surface area contributed by atoms with Crippen LogP contribution in [0.3, 0.4) is 0 Å². The van der Waals surface area contributed by atoms with Gasteiger partial charge >= 0.3 is 17.9 Å². The van der Waals surface area contributed by atoms with Crippen molar-refractivity contribution in [3.8, 4) is 0 Å². The minimum atomic E-state index is -0.770. The number of carbonyl (C=O) groups excluding carboxylic acids is 3. The average molecular weight is 817 g/mol. The zero-order valence-corrected chi connectivity index (χ0v) is 38.8. The van der Waals surface area contributed by atoms with E-state index in [9.17, 15) is 14.4 Å². The Kier molecular flexibility index (Phi) is 45.8. The van der Waals surface area contributed by atoms with Crippen molar-refractivity contribution in [1.82, 2.24) is 0 Å². The Hall–Kier alpha value is -2.11. The van der Waals surface area contributed by atoms with E-state index in [1.54, 1.807) is 0 Å². The highest BCUT2D eigenvalue weighted by molar-refractivity contribution is 5.71. The molecule has 0 aromatic rings. The van der Waals surface area contributed by atoms with Crippen LogP contribution in [0, 0.1) is 0 Å². The molecular weight excluding hydrogens is 721 g/mol. The van der Waals surface area contributed by atoms with Crippen molar-refractivity contribution in [2.24, 2.45) is 0 Å². The maximum absolute atomic E-state index is 12.8. The number of hydrogen-bond acceptors (Lipinski definition) is 6. The van der Waals surface area contributed by atoms with Crippen molar-refractivity contribution >= 4 is 17.9 Å². The van der Waals surface area contributed by atoms with Gasteiger partial charge in [-0.15, -0.1) is 0 Å². The van der Waals surface area contributed by atoms with Crippen LogP contribution in [0.15, 0.2) is 24.3 Å². The maximum Gasteiger partial charge on any atom is 0.306 e. The Balaban J connectivity index is 4.36. The first-order valence-corrected chi connectivity index (χ1v) is 25.3. The number of rotatable bonds is 46.